The Hall–Kier alpha value is -2.71. The first kappa shape index (κ1) is 13.7. The molecule has 0 saturated carbocycles. The van der Waals surface area contributed by atoms with Crippen LogP contribution in [0.15, 0.2) is 24.3 Å². The topological polar surface area (TPSA) is 65.3 Å². The van der Waals surface area contributed by atoms with Gasteiger partial charge in [0.05, 0.1) is 4.92 Å². The number of nitrogens with zero attached hydrogens (tertiary/aromatic N) is 2. The summed E-state index contributed by atoms with van der Waals surface area (Å²) in [5.41, 5.74) is -0.809. The highest BCUT2D eigenvalue weighted by atomic mass is 19.2. The molecule has 0 aliphatic rings. The lowest BCUT2D eigenvalue weighted by atomic mass is 10.3. The molecule has 0 N–H and O–H groups in total. The molecule has 2 aromatic rings. The fourth-order valence-corrected chi connectivity index (χ4v) is 1.34. The number of benzene rings is 1. The van der Waals surface area contributed by atoms with E-state index in [9.17, 15) is 27.7 Å². The van der Waals surface area contributed by atoms with Gasteiger partial charge < -0.3 is 4.74 Å². The lowest BCUT2D eigenvalue weighted by Gasteiger charge is -2.07. The summed E-state index contributed by atoms with van der Waals surface area (Å²) in [5, 5.41) is 10.7. The van der Waals surface area contributed by atoms with Crippen molar-refractivity contribution in [3.63, 3.8) is 0 Å². The van der Waals surface area contributed by atoms with E-state index in [0.29, 0.717) is 0 Å². The number of para-hydroxylation sites is 1. The van der Waals surface area contributed by atoms with E-state index in [1.165, 1.54) is 0 Å². The van der Waals surface area contributed by atoms with Crippen LogP contribution in [0.3, 0.4) is 0 Å². The van der Waals surface area contributed by atoms with Crippen LogP contribution < -0.4 is 4.74 Å². The van der Waals surface area contributed by atoms with Gasteiger partial charge in [-0.05, 0) is 6.07 Å². The van der Waals surface area contributed by atoms with E-state index in [1.54, 1.807) is 0 Å². The summed E-state index contributed by atoms with van der Waals surface area (Å²) in [5.74, 6) is -7.92. The number of ether oxygens (including phenoxy) is 1. The van der Waals surface area contributed by atoms with Crippen molar-refractivity contribution < 1.29 is 27.2 Å². The Kier molecular flexibility index (Phi) is 3.51. The number of pyridine rings is 1. The third-order valence-electron chi connectivity index (χ3n) is 2.20. The minimum absolute atomic E-state index is 0.129. The average Bonchev–Trinajstić information content (AvgIpc) is 2.37. The maximum atomic E-state index is 13.5. The molecule has 0 bridgehead atoms. The van der Waals surface area contributed by atoms with Gasteiger partial charge in [-0.1, -0.05) is 6.07 Å². The third kappa shape index (κ3) is 2.51. The average molecular weight is 288 g/mol. The molecule has 9 heteroatoms. The highest BCUT2D eigenvalue weighted by Crippen LogP contribution is 2.34. The molecule has 0 aliphatic carbocycles. The van der Waals surface area contributed by atoms with Crippen molar-refractivity contribution in [1.82, 2.24) is 4.98 Å². The highest BCUT2D eigenvalue weighted by molar-refractivity contribution is 5.48. The Bertz CT molecular complexity index is 694. The summed E-state index contributed by atoms with van der Waals surface area (Å²) in [4.78, 5) is 12.5. The summed E-state index contributed by atoms with van der Waals surface area (Å²) < 4.78 is 56.8. The molecule has 2 rings (SSSR count). The maximum absolute atomic E-state index is 13.5. The summed E-state index contributed by atoms with van der Waals surface area (Å²) >= 11 is 0. The van der Waals surface area contributed by atoms with Gasteiger partial charge in [0.2, 0.25) is 5.75 Å². The van der Waals surface area contributed by atoms with Gasteiger partial charge in [0.15, 0.2) is 17.5 Å². The molecule has 20 heavy (non-hydrogen) atoms. The summed E-state index contributed by atoms with van der Waals surface area (Å²) in [7, 11) is 0. The van der Waals surface area contributed by atoms with Crippen LogP contribution in [0.2, 0.25) is 0 Å². The second kappa shape index (κ2) is 5.11. The van der Waals surface area contributed by atoms with E-state index in [0.717, 1.165) is 18.2 Å². The zero-order valence-electron chi connectivity index (χ0n) is 9.44. The van der Waals surface area contributed by atoms with Crippen LogP contribution >= 0.6 is 0 Å². The molecular formula is C11H4F4N2O3. The molecule has 1 aromatic heterocycles. The number of halogens is 4. The first-order valence-corrected chi connectivity index (χ1v) is 5.02. The molecule has 104 valence electrons. The minimum Gasteiger partial charge on any atom is -0.426 e. The molecule has 0 atom stereocenters. The molecule has 0 amide bonds. The Labute approximate surface area is 108 Å². The van der Waals surface area contributed by atoms with Crippen LogP contribution in [0.25, 0.3) is 0 Å². The molecule has 0 aliphatic heterocycles. The summed E-state index contributed by atoms with van der Waals surface area (Å²) in [6, 6.07) is 2.88. The standard InChI is InChI=1S/C11H4F4N2O3/c12-5-2-1-3-8(17(18)19)9(5)20-11-7(14)4-6(13)10(15)16-11/h1-4H. The SMILES string of the molecule is O=[N+]([O-])c1cccc(F)c1Oc1nc(F)c(F)cc1F. The van der Waals surface area contributed by atoms with Crippen LogP contribution in [-0.4, -0.2) is 9.91 Å². The largest absolute Gasteiger partial charge is 0.426 e. The van der Waals surface area contributed by atoms with Crippen molar-refractivity contribution in [2.45, 2.75) is 0 Å². The summed E-state index contributed by atoms with van der Waals surface area (Å²) in [6.07, 6.45) is 0. The molecule has 0 saturated heterocycles. The third-order valence-corrected chi connectivity index (χ3v) is 2.20. The van der Waals surface area contributed by atoms with Crippen molar-refractivity contribution in [2.24, 2.45) is 0 Å². The van der Waals surface area contributed by atoms with Crippen LogP contribution in [0.1, 0.15) is 0 Å². The zero-order valence-corrected chi connectivity index (χ0v) is 9.44. The Balaban J connectivity index is 2.50. The molecule has 1 aromatic carbocycles. The Morgan fingerprint density at radius 1 is 1.10 bits per heavy atom. The fourth-order valence-electron chi connectivity index (χ4n) is 1.34. The number of nitro benzene ring substituents is 1. The van der Waals surface area contributed by atoms with Gasteiger partial charge in [-0.3, -0.25) is 10.1 Å². The van der Waals surface area contributed by atoms with Crippen molar-refractivity contribution in [3.8, 4) is 11.6 Å². The van der Waals surface area contributed by atoms with E-state index in [1.807, 2.05) is 0 Å². The molecule has 0 fully saturated rings. The van der Waals surface area contributed by atoms with Gasteiger partial charge in [0.1, 0.15) is 0 Å². The van der Waals surface area contributed by atoms with Crippen LogP contribution in [0.4, 0.5) is 23.2 Å². The quantitative estimate of drug-likeness (QED) is 0.376. The Morgan fingerprint density at radius 3 is 2.45 bits per heavy atom. The number of hydrogen-bond donors (Lipinski definition) is 0. The van der Waals surface area contributed by atoms with Crippen LogP contribution in [-0.2, 0) is 0 Å². The van der Waals surface area contributed by atoms with E-state index in [-0.39, 0.29) is 6.07 Å². The second-order valence-corrected chi connectivity index (χ2v) is 3.50. The number of hydrogen-bond acceptors (Lipinski definition) is 4. The number of nitro groups is 1. The van der Waals surface area contributed by atoms with Gasteiger partial charge in [0, 0.05) is 12.1 Å². The maximum Gasteiger partial charge on any atom is 0.314 e. The molecule has 1 heterocycles. The fraction of sp³-hybridized carbons (Fsp3) is 0. The van der Waals surface area contributed by atoms with E-state index >= 15 is 0 Å². The monoisotopic (exact) mass is 288 g/mol. The molecule has 0 unspecified atom stereocenters. The Morgan fingerprint density at radius 2 is 1.80 bits per heavy atom. The number of aromatic nitrogens is 1. The van der Waals surface area contributed by atoms with Crippen LogP contribution in [0.5, 0.6) is 11.6 Å². The van der Waals surface area contributed by atoms with Crippen molar-refractivity contribution >= 4 is 5.69 Å². The normalized spacial score (nSPS) is 10.4. The van der Waals surface area contributed by atoms with Gasteiger partial charge in [0.25, 0.3) is 11.8 Å². The molecule has 0 radical (unpaired) electrons. The van der Waals surface area contributed by atoms with Gasteiger partial charge in [-0.25, -0.2) is 13.2 Å². The lowest BCUT2D eigenvalue weighted by Crippen LogP contribution is -2.01. The zero-order chi connectivity index (χ0) is 14.9. The van der Waals surface area contributed by atoms with E-state index in [2.05, 4.69) is 9.72 Å². The highest BCUT2D eigenvalue weighted by Gasteiger charge is 2.23. The van der Waals surface area contributed by atoms with E-state index < -0.39 is 45.6 Å². The van der Waals surface area contributed by atoms with Crippen molar-refractivity contribution in [1.29, 1.82) is 0 Å². The first-order valence-electron chi connectivity index (χ1n) is 5.02. The molecule has 5 nitrogen and oxygen atoms in total. The molecular weight excluding hydrogens is 284 g/mol. The van der Waals surface area contributed by atoms with Crippen molar-refractivity contribution in [2.75, 3.05) is 0 Å². The van der Waals surface area contributed by atoms with Gasteiger partial charge in [-0.2, -0.15) is 9.37 Å². The van der Waals surface area contributed by atoms with Crippen molar-refractivity contribution in [3.05, 3.63) is 57.8 Å². The molecule has 0 spiro atoms. The number of rotatable bonds is 3. The lowest BCUT2D eigenvalue weighted by molar-refractivity contribution is -0.385. The second-order valence-electron chi connectivity index (χ2n) is 3.50. The predicted octanol–water partition coefficient (Wildman–Crippen LogP) is 3.34. The van der Waals surface area contributed by atoms with E-state index in [4.69, 9.17) is 0 Å². The first-order chi connectivity index (χ1) is 9.40. The minimum atomic E-state index is -1.68. The summed E-state index contributed by atoms with van der Waals surface area (Å²) in [6.45, 7) is 0. The predicted molar refractivity (Wildman–Crippen MR) is 57.2 cm³/mol. The van der Waals surface area contributed by atoms with Gasteiger partial charge in [-0.15, -0.1) is 0 Å². The van der Waals surface area contributed by atoms with Crippen LogP contribution in [0, 0.1) is 33.5 Å². The smallest absolute Gasteiger partial charge is 0.314 e. The van der Waals surface area contributed by atoms with Gasteiger partial charge >= 0.3 is 5.69 Å².